The predicted molar refractivity (Wildman–Crippen MR) is 138 cm³/mol. The molecule has 0 aliphatic heterocycles. The molecular formula is C27H28N4O6. The van der Waals surface area contributed by atoms with E-state index in [1.807, 2.05) is 6.92 Å². The van der Waals surface area contributed by atoms with Crippen LogP contribution in [0.2, 0.25) is 0 Å². The minimum atomic E-state index is -0.610. The summed E-state index contributed by atoms with van der Waals surface area (Å²) in [6, 6.07) is 17.0. The Morgan fingerprint density at radius 1 is 0.946 bits per heavy atom. The third-order valence-electron chi connectivity index (χ3n) is 5.71. The second kappa shape index (κ2) is 11.9. The molecule has 2 heterocycles. The normalized spacial score (nSPS) is 10.8. The summed E-state index contributed by atoms with van der Waals surface area (Å²) < 4.78 is 12.9. The molecule has 0 saturated carbocycles. The quantitative estimate of drug-likeness (QED) is 0.324. The number of carbonyl (C=O) groups excluding carboxylic acids is 2. The summed E-state index contributed by atoms with van der Waals surface area (Å²) in [4.78, 5) is 51.3. The van der Waals surface area contributed by atoms with Crippen LogP contribution in [-0.4, -0.2) is 27.6 Å². The van der Waals surface area contributed by atoms with E-state index in [-0.39, 0.29) is 38.4 Å². The minimum absolute atomic E-state index is 0.0389. The van der Waals surface area contributed by atoms with Crippen molar-refractivity contribution in [2.75, 3.05) is 11.9 Å². The molecule has 4 aromatic rings. The van der Waals surface area contributed by atoms with Crippen molar-refractivity contribution >= 4 is 28.4 Å². The lowest BCUT2D eigenvalue weighted by atomic mass is 10.2. The number of carbonyl (C=O) groups is 2. The number of hydrogen-bond acceptors (Lipinski definition) is 6. The summed E-state index contributed by atoms with van der Waals surface area (Å²) >= 11 is 0. The van der Waals surface area contributed by atoms with Gasteiger partial charge in [-0.3, -0.25) is 23.5 Å². The number of ether oxygens (including phenoxy) is 1. The number of para-hydroxylation sites is 1. The van der Waals surface area contributed by atoms with Gasteiger partial charge in [0, 0.05) is 18.7 Å². The Bertz CT molecular complexity index is 1490. The topological polar surface area (TPSA) is 125 Å². The first-order chi connectivity index (χ1) is 18.0. The molecular weight excluding hydrogens is 476 g/mol. The van der Waals surface area contributed by atoms with Gasteiger partial charge in [-0.2, -0.15) is 0 Å². The molecule has 2 amide bonds. The fourth-order valence-electron chi connectivity index (χ4n) is 3.95. The van der Waals surface area contributed by atoms with E-state index in [0.717, 1.165) is 4.57 Å². The number of amides is 2. The van der Waals surface area contributed by atoms with E-state index in [1.54, 1.807) is 60.7 Å². The Hall–Kier alpha value is -4.60. The Balaban J connectivity index is 1.48. The monoisotopic (exact) mass is 504 g/mol. The maximum Gasteiger partial charge on any atom is 0.331 e. The second-order valence-corrected chi connectivity index (χ2v) is 8.31. The largest absolute Gasteiger partial charge is 0.494 e. The van der Waals surface area contributed by atoms with Crippen LogP contribution in [0.4, 0.5) is 5.69 Å². The fourth-order valence-corrected chi connectivity index (χ4v) is 3.95. The second-order valence-electron chi connectivity index (χ2n) is 8.31. The van der Waals surface area contributed by atoms with Crippen molar-refractivity contribution in [1.82, 2.24) is 14.5 Å². The highest BCUT2D eigenvalue weighted by molar-refractivity contribution is 5.91. The summed E-state index contributed by atoms with van der Waals surface area (Å²) in [5.41, 5.74) is -0.146. The molecule has 2 aromatic heterocycles. The Morgan fingerprint density at radius 2 is 1.73 bits per heavy atom. The minimum Gasteiger partial charge on any atom is -0.494 e. The molecule has 192 valence electrons. The Morgan fingerprint density at radius 3 is 2.46 bits per heavy atom. The molecule has 10 heteroatoms. The highest BCUT2D eigenvalue weighted by Gasteiger charge is 2.16. The van der Waals surface area contributed by atoms with E-state index in [1.165, 1.54) is 10.8 Å². The molecule has 0 spiro atoms. The standard InChI is InChI=1S/C27H28N4O6/c1-2-36-20-13-11-19(12-14-20)29-25(33)18-31-23-9-4-3-8-22(23)26(34)30(27(31)35)15-5-10-24(32)28-17-21-7-6-16-37-21/h3-4,6-9,11-14,16H,2,5,10,15,17-18H2,1H3,(H,28,32)(H,29,33). The lowest BCUT2D eigenvalue weighted by molar-refractivity contribution is -0.121. The van der Waals surface area contributed by atoms with Gasteiger partial charge in [-0.15, -0.1) is 0 Å². The molecule has 10 nitrogen and oxygen atoms in total. The zero-order valence-corrected chi connectivity index (χ0v) is 20.4. The van der Waals surface area contributed by atoms with E-state index < -0.39 is 17.2 Å². The van der Waals surface area contributed by atoms with Crippen molar-refractivity contribution in [3.05, 3.63) is 93.5 Å². The third kappa shape index (κ3) is 6.35. The number of nitrogens with one attached hydrogen (secondary N) is 2. The number of anilines is 1. The van der Waals surface area contributed by atoms with Gasteiger partial charge < -0.3 is 19.8 Å². The van der Waals surface area contributed by atoms with Crippen molar-refractivity contribution in [2.45, 2.75) is 39.4 Å². The van der Waals surface area contributed by atoms with Crippen LogP contribution in [0.15, 0.2) is 80.9 Å². The molecule has 0 aliphatic carbocycles. The number of rotatable bonds is 11. The number of furan rings is 1. The molecule has 2 aromatic carbocycles. The molecule has 4 rings (SSSR count). The highest BCUT2D eigenvalue weighted by Crippen LogP contribution is 2.16. The summed E-state index contributed by atoms with van der Waals surface area (Å²) in [6.45, 7) is 2.44. The average molecular weight is 505 g/mol. The highest BCUT2D eigenvalue weighted by atomic mass is 16.5. The van der Waals surface area contributed by atoms with Gasteiger partial charge in [-0.05, 0) is 61.9 Å². The first kappa shape index (κ1) is 25.5. The molecule has 37 heavy (non-hydrogen) atoms. The smallest absolute Gasteiger partial charge is 0.331 e. The molecule has 0 fully saturated rings. The van der Waals surface area contributed by atoms with Crippen LogP contribution >= 0.6 is 0 Å². The van der Waals surface area contributed by atoms with Crippen LogP contribution in [0.3, 0.4) is 0 Å². The lowest BCUT2D eigenvalue weighted by Crippen LogP contribution is -2.42. The fraction of sp³-hybridized carbons (Fsp3) is 0.259. The SMILES string of the molecule is CCOc1ccc(NC(=O)Cn2c(=O)n(CCCC(=O)NCc3ccco3)c(=O)c3ccccc32)cc1. The third-order valence-corrected chi connectivity index (χ3v) is 5.71. The number of aromatic nitrogens is 2. The van der Waals surface area contributed by atoms with Crippen LogP contribution < -0.4 is 26.6 Å². The van der Waals surface area contributed by atoms with Gasteiger partial charge >= 0.3 is 5.69 Å². The molecule has 0 radical (unpaired) electrons. The molecule has 0 saturated heterocycles. The molecule has 0 aliphatic rings. The van der Waals surface area contributed by atoms with Gasteiger partial charge in [-0.1, -0.05) is 12.1 Å². The predicted octanol–water partition coefficient (Wildman–Crippen LogP) is 2.89. The van der Waals surface area contributed by atoms with E-state index in [2.05, 4.69) is 10.6 Å². The number of hydrogen-bond donors (Lipinski definition) is 2. The number of nitrogens with zero attached hydrogens (tertiary/aromatic N) is 2. The maximum atomic E-state index is 13.3. The van der Waals surface area contributed by atoms with Crippen molar-refractivity contribution in [3.8, 4) is 5.75 Å². The van der Waals surface area contributed by atoms with E-state index in [4.69, 9.17) is 9.15 Å². The van der Waals surface area contributed by atoms with Crippen LogP contribution in [0, 0.1) is 0 Å². The first-order valence-corrected chi connectivity index (χ1v) is 12.0. The van der Waals surface area contributed by atoms with Crippen LogP contribution in [0.25, 0.3) is 10.9 Å². The molecule has 0 atom stereocenters. The van der Waals surface area contributed by atoms with Gasteiger partial charge in [0.15, 0.2) is 0 Å². The van der Waals surface area contributed by atoms with Crippen LogP contribution in [0.5, 0.6) is 5.75 Å². The summed E-state index contributed by atoms with van der Waals surface area (Å²) in [7, 11) is 0. The van der Waals surface area contributed by atoms with E-state index >= 15 is 0 Å². The van der Waals surface area contributed by atoms with Crippen molar-refractivity contribution < 1.29 is 18.7 Å². The molecule has 2 N–H and O–H groups in total. The number of benzene rings is 2. The van der Waals surface area contributed by atoms with Crippen molar-refractivity contribution in [1.29, 1.82) is 0 Å². The van der Waals surface area contributed by atoms with Gasteiger partial charge in [0.25, 0.3) is 5.56 Å². The van der Waals surface area contributed by atoms with Crippen molar-refractivity contribution in [3.63, 3.8) is 0 Å². The van der Waals surface area contributed by atoms with Crippen molar-refractivity contribution in [2.24, 2.45) is 0 Å². The summed E-state index contributed by atoms with van der Waals surface area (Å²) in [5, 5.41) is 5.82. The summed E-state index contributed by atoms with van der Waals surface area (Å²) in [5.74, 6) is 0.675. The van der Waals surface area contributed by atoms with Crippen LogP contribution in [-0.2, 0) is 29.2 Å². The lowest BCUT2D eigenvalue weighted by Gasteiger charge is -2.14. The van der Waals surface area contributed by atoms with E-state index in [9.17, 15) is 19.2 Å². The van der Waals surface area contributed by atoms with Gasteiger partial charge in [-0.25, -0.2) is 4.79 Å². The molecule has 0 unspecified atom stereocenters. The summed E-state index contributed by atoms with van der Waals surface area (Å²) in [6.07, 6.45) is 1.92. The van der Waals surface area contributed by atoms with Gasteiger partial charge in [0.05, 0.1) is 30.3 Å². The Labute approximate surface area is 212 Å². The van der Waals surface area contributed by atoms with Gasteiger partial charge in [0.1, 0.15) is 18.1 Å². The number of fused-ring (bicyclic) bond motifs is 1. The zero-order valence-electron chi connectivity index (χ0n) is 20.4. The average Bonchev–Trinajstić information content (AvgIpc) is 3.42. The molecule has 0 bridgehead atoms. The van der Waals surface area contributed by atoms with Crippen LogP contribution in [0.1, 0.15) is 25.5 Å². The van der Waals surface area contributed by atoms with E-state index in [0.29, 0.717) is 34.7 Å². The zero-order chi connectivity index (χ0) is 26.2. The maximum absolute atomic E-state index is 13.3. The van der Waals surface area contributed by atoms with Gasteiger partial charge in [0.2, 0.25) is 11.8 Å². The Kier molecular flexibility index (Phi) is 8.19. The first-order valence-electron chi connectivity index (χ1n) is 12.0.